The van der Waals surface area contributed by atoms with E-state index in [0.717, 1.165) is 30.6 Å². The molecule has 0 bridgehead atoms. The zero-order valence-electron chi connectivity index (χ0n) is 18.4. The molecule has 30 heavy (non-hydrogen) atoms. The maximum atomic E-state index is 11.7. The maximum absolute atomic E-state index is 11.7. The minimum Gasteiger partial charge on any atom is -0.493 e. The van der Waals surface area contributed by atoms with E-state index in [4.69, 9.17) is 14.2 Å². The van der Waals surface area contributed by atoms with Crippen molar-refractivity contribution < 1.29 is 19.0 Å². The summed E-state index contributed by atoms with van der Waals surface area (Å²) >= 11 is 0. The van der Waals surface area contributed by atoms with Crippen LogP contribution in [0, 0.1) is 5.92 Å². The van der Waals surface area contributed by atoms with Crippen molar-refractivity contribution in [2.45, 2.75) is 65.7 Å². The summed E-state index contributed by atoms with van der Waals surface area (Å²) < 4.78 is 15.9. The number of hydrogen-bond donors (Lipinski definition) is 0. The van der Waals surface area contributed by atoms with Crippen LogP contribution in [0.3, 0.4) is 0 Å². The minimum absolute atomic E-state index is 0.125. The highest BCUT2D eigenvalue weighted by Gasteiger charge is 2.09. The largest absolute Gasteiger partial charge is 0.515 e. The lowest BCUT2D eigenvalue weighted by Crippen LogP contribution is -2.12. The summed E-state index contributed by atoms with van der Waals surface area (Å²) in [6.45, 7) is 7.57. The molecule has 0 saturated heterocycles. The van der Waals surface area contributed by atoms with Crippen LogP contribution in [0.4, 0.5) is 4.79 Å². The molecule has 6 heteroatoms. The molecule has 0 amide bonds. The van der Waals surface area contributed by atoms with Crippen molar-refractivity contribution in [3.63, 3.8) is 0 Å². The maximum Gasteiger partial charge on any atom is 0.515 e. The Morgan fingerprint density at radius 2 is 1.70 bits per heavy atom. The van der Waals surface area contributed by atoms with E-state index >= 15 is 0 Å². The van der Waals surface area contributed by atoms with Crippen molar-refractivity contribution in [2.75, 3.05) is 13.2 Å². The van der Waals surface area contributed by atoms with Crippen LogP contribution in [-0.2, 0) is 4.74 Å². The van der Waals surface area contributed by atoms with Gasteiger partial charge in [0.05, 0.1) is 31.3 Å². The quantitative estimate of drug-likeness (QED) is 0.277. The molecule has 1 heterocycles. The van der Waals surface area contributed by atoms with E-state index in [-0.39, 0.29) is 5.88 Å². The SMILES string of the molecule is CCCCCCCCOC(=O)Oc1cnc(-c2ccc(OCC(C)CC)cc2)cn1. The molecule has 2 rings (SSSR count). The Kier molecular flexibility index (Phi) is 10.7. The standard InChI is InChI=1S/C24H34N2O4/c1-4-6-7-8-9-10-15-28-24(27)30-23-17-25-22(16-26-23)20-11-13-21(14-12-20)29-18-19(3)5-2/h11-14,16-17,19H,4-10,15,18H2,1-3H3. The third-order valence-electron chi connectivity index (χ3n) is 4.92. The van der Waals surface area contributed by atoms with E-state index in [1.54, 1.807) is 6.20 Å². The molecule has 6 nitrogen and oxygen atoms in total. The third kappa shape index (κ3) is 8.80. The lowest BCUT2D eigenvalue weighted by Gasteiger charge is -2.11. The molecule has 1 atom stereocenters. The van der Waals surface area contributed by atoms with Gasteiger partial charge in [0, 0.05) is 5.56 Å². The van der Waals surface area contributed by atoms with Gasteiger partial charge in [-0.2, -0.15) is 0 Å². The summed E-state index contributed by atoms with van der Waals surface area (Å²) in [5.41, 5.74) is 1.60. The molecular weight excluding hydrogens is 380 g/mol. The molecule has 0 aliphatic carbocycles. The Bertz CT molecular complexity index is 732. The summed E-state index contributed by atoms with van der Waals surface area (Å²) in [5.74, 6) is 1.49. The predicted octanol–water partition coefficient (Wildman–Crippen LogP) is 6.44. The number of carbonyl (C=O) groups is 1. The monoisotopic (exact) mass is 414 g/mol. The van der Waals surface area contributed by atoms with Gasteiger partial charge in [-0.25, -0.2) is 14.8 Å². The van der Waals surface area contributed by atoms with Gasteiger partial charge in [-0.15, -0.1) is 0 Å². The number of hydrogen-bond acceptors (Lipinski definition) is 6. The molecular formula is C24H34N2O4. The van der Waals surface area contributed by atoms with Crippen molar-refractivity contribution >= 4 is 6.16 Å². The Balaban J connectivity index is 1.74. The topological polar surface area (TPSA) is 70.5 Å². The zero-order chi connectivity index (χ0) is 21.6. The molecule has 0 saturated carbocycles. The molecule has 1 unspecified atom stereocenters. The lowest BCUT2D eigenvalue weighted by atomic mass is 10.1. The fraction of sp³-hybridized carbons (Fsp3) is 0.542. The van der Waals surface area contributed by atoms with E-state index < -0.39 is 6.16 Å². The number of nitrogens with zero attached hydrogens (tertiary/aromatic N) is 2. The van der Waals surface area contributed by atoms with Crippen LogP contribution in [-0.4, -0.2) is 29.3 Å². The van der Waals surface area contributed by atoms with Gasteiger partial charge in [0.25, 0.3) is 0 Å². The van der Waals surface area contributed by atoms with Crippen LogP contribution in [0.1, 0.15) is 65.7 Å². The highest BCUT2D eigenvalue weighted by Crippen LogP contribution is 2.21. The van der Waals surface area contributed by atoms with E-state index in [2.05, 4.69) is 30.7 Å². The normalized spacial score (nSPS) is 11.7. The number of carbonyl (C=O) groups excluding carboxylic acids is 1. The fourth-order valence-corrected chi connectivity index (χ4v) is 2.75. The molecule has 0 fully saturated rings. The highest BCUT2D eigenvalue weighted by atomic mass is 16.7. The first-order valence-electron chi connectivity index (χ1n) is 11.0. The third-order valence-corrected chi connectivity index (χ3v) is 4.92. The molecule has 1 aromatic heterocycles. The second kappa shape index (κ2) is 13.6. The van der Waals surface area contributed by atoms with E-state index in [9.17, 15) is 4.79 Å². The van der Waals surface area contributed by atoms with Gasteiger partial charge in [0.2, 0.25) is 5.88 Å². The van der Waals surface area contributed by atoms with Gasteiger partial charge in [0.15, 0.2) is 0 Å². The smallest absolute Gasteiger partial charge is 0.493 e. The molecule has 0 aliphatic rings. The second-order valence-electron chi connectivity index (χ2n) is 7.56. The predicted molar refractivity (Wildman–Crippen MR) is 118 cm³/mol. The highest BCUT2D eigenvalue weighted by molar-refractivity contribution is 5.63. The number of aromatic nitrogens is 2. The molecule has 164 valence electrons. The fourth-order valence-electron chi connectivity index (χ4n) is 2.75. The summed E-state index contributed by atoms with van der Waals surface area (Å²) in [5, 5.41) is 0. The lowest BCUT2D eigenvalue weighted by molar-refractivity contribution is 0.0956. The Labute approximate surface area is 180 Å². The summed E-state index contributed by atoms with van der Waals surface area (Å²) in [6.07, 6.45) is 10.1. The number of unbranched alkanes of at least 4 members (excludes halogenated alkanes) is 5. The first-order chi connectivity index (χ1) is 14.6. The van der Waals surface area contributed by atoms with Gasteiger partial charge >= 0.3 is 6.16 Å². The van der Waals surface area contributed by atoms with Crippen molar-refractivity contribution in [1.82, 2.24) is 9.97 Å². The number of benzene rings is 1. The van der Waals surface area contributed by atoms with Gasteiger partial charge in [-0.05, 0) is 36.6 Å². The van der Waals surface area contributed by atoms with Gasteiger partial charge in [-0.3, -0.25) is 0 Å². The Morgan fingerprint density at radius 3 is 2.37 bits per heavy atom. The second-order valence-corrected chi connectivity index (χ2v) is 7.56. The van der Waals surface area contributed by atoms with Crippen LogP contribution < -0.4 is 9.47 Å². The van der Waals surface area contributed by atoms with Gasteiger partial charge in [0.1, 0.15) is 5.75 Å². The van der Waals surface area contributed by atoms with Crippen LogP contribution in [0.2, 0.25) is 0 Å². The molecule has 2 aromatic rings. The average molecular weight is 415 g/mol. The van der Waals surface area contributed by atoms with E-state index in [0.29, 0.717) is 24.8 Å². The van der Waals surface area contributed by atoms with Crippen LogP contribution in [0.25, 0.3) is 11.3 Å². The van der Waals surface area contributed by atoms with Crippen molar-refractivity contribution in [3.8, 4) is 22.9 Å². The summed E-state index contributed by atoms with van der Waals surface area (Å²) in [6, 6.07) is 7.71. The van der Waals surface area contributed by atoms with Crippen LogP contribution >= 0.6 is 0 Å². The first kappa shape index (κ1) is 23.6. The van der Waals surface area contributed by atoms with E-state index in [1.165, 1.54) is 31.9 Å². The van der Waals surface area contributed by atoms with Crippen molar-refractivity contribution in [2.24, 2.45) is 5.92 Å². The number of ether oxygens (including phenoxy) is 3. The van der Waals surface area contributed by atoms with Gasteiger partial charge < -0.3 is 14.2 Å². The minimum atomic E-state index is -0.742. The molecule has 1 aromatic carbocycles. The Hall–Kier alpha value is -2.63. The zero-order valence-corrected chi connectivity index (χ0v) is 18.4. The molecule has 0 N–H and O–H groups in total. The summed E-state index contributed by atoms with van der Waals surface area (Å²) in [7, 11) is 0. The average Bonchev–Trinajstić information content (AvgIpc) is 2.77. The number of rotatable bonds is 13. The molecule has 0 aliphatic heterocycles. The van der Waals surface area contributed by atoms with Crippen molar-refractivity contribution in [3.05, 3.63) is 36.7 Å². The molecule has 0 spiro atoms. The van der Waals surface area contributed by atoms with Crippen LogP contribution in [0.15, 0.2) is 36.7 Å². The Morgan fingerprint density at radius 1 is 0.967 bits per heavy atom. The van der Waals surface area contributed by atoms with E-state index in [1.807, 2.05) is 24.3 Å². The van der Waals surface area contributed by atoms with Crippen molar-refractivity contribution in [1.29, 1.82) is 0 Å². The van der Waals surface area contributed by atoms with Crippen LogP contribution in [0.5, 0.6) is 11.6 Å². The summed E-state index contributed by atoms with van der Waals surface area (Å²) in [4.78, 5) is 20.2. The first-order valence-corrected chi connectivity index (χ1v) is 11.0. The van der Waals surface area contributed by atoms with Gasteiger partial charge in [-0.1, -0.05) is 59.3 Å². The molecule has 0 radical (unpaired) electrons.